The number of carbonyl (C=O) groups is 2. The molecule has 0 bridgehead atoms. The van der Waals surface area contributed by atoms with Gasteiger partial charge in [0.1, 0.15) is 12.3 Å². The molecule has 0 radical (unpaired) electrons. The van der Waals surface area contributed by atoms with Gasteiger partial charge in [-0.25, -0.2) is 4.79 Å². The molecule has 3 aromatic carbocycles. The first-order chi connectivity index (χ1) is 15.0. The van der Waals surface area contributed by atoms with Crippen LogP contribution in [0, 0.1) is 6.92 Å². The molecule has 31 heavy (non-hydrogen) atoms. The van der Waals surface area contributed by atoms with Crippen molar-refractivity contribution in [1.29, 1.82) is 0 Å². The van der Waals surface area contributed by atoms with Gasteiger partial charge in [0.25, 0.3) is 5.91 Å². The highest BCUT2D eigenvalue weighted by Gasteiger charge is 2.14. The molecule has 0 unspecified atom stereocenters. The molecule has 0 heterocycles. The van der Waals surface area contributed by atoms with Crippen LogP contribution in [0.15, 0.2) is 78.5 Å². The summed E-state index contributed by atoms with van der Waals surface area (Å²) in [7, 11) is 1.53. The van der Waals surface area contributed by atoms with E-state index in [1.54, 1.807) is 48.5 Å². The van der Waals surface area contributed by atoms with Crippen LogP contribution in [0.4, 0.5) is 0 Å². The third-order valence-electron chi connectivity index (χ3n) is 4.49. The van der Waals surface area contributed by atoms with Crippen molar-refractivity contribution in [3.05, 3.63) is 101 Å². The summed E-state index contributed by atoms with van der Waals surface area (Å²) in [6.45, 7) is 2.34. The number of hydrogen-bond donors (Lipinski definition) is 2. The van der Waals surface area contributed by atoms with Gasteiger partial charge in [-0.05, 0) is 48.4 Å². The first-order valence-electron chi connectivity index (χ1n) is 9.64. The average molecular weight is 417 g/mol. The van der Waals surface area contributed by atoms with Gasteiger partial charge in [-0.15, -0.1) is 0 Å². The minimum Gasteiger partial charge on any atom is -0.493 e. The number of benzene rings is 3. The average Bonchev–Trinajstić information content (AvgIpc) is 2.78. The van der Waals surface area contributed by atoms with E-state index in [0.29, 0.717) is 29.2 Å². The Bertz CT molecular complexity index is 1110. The molecule has 2 N–H and O–H groups in total. The monoisotopic (exact) mass is 417 g/mol. The van der Waals surface area contributed by atoms with E-state index in [0.717, 1.165) is 11.1 Å². The lowest BCUT2D eigenvalue weighted by molar-refractivity contribution is -0.132. The highest BCUT2D eigenvalue weighted by Crippen LogP contribution is 2.29. The van der Waals surface area contributed by atoms with E-state index < -0.39 is 11.9 Å². The maximum absolute atomic E-state index is 12.3. The smallest absolute Gasteiger partial charge is 0.352 e. The Morgan fingerprint density at radius 2 is 1.74 bits per heavy atom. The maximum atomic E-state index is 12.3. The van der Waals surface area contributed by atoms with E-state index in [1.807, 2.05) is 31.2 Å². The molecule has 0 aliphatic carbocycles. The number of amides is 1. The lowest BCUT2D eigenvalue weighted by Crippen LogP contribution is -2.27. The molecule has 3 aromatic rings. The largest absolute Gasteiger partial charge is 0.493 e. The Hall–Kier alpha value is -4.06. The first kappa shape index (κ1) is 21.6. The third kappa shape index (κ3) is 5.96. The van der Waals surface area contributed by atoms with Crippen LogP contribution in [-0.4, -0.2) is 24.1 Å². The van der Waals surface area contributed by atoms with Crippen LogP contribution >= 0.6 is 0 Å². The summed E-state index contributed by atoms with van der Waals surface area (Å²) in [6, 6.07) is 21.4. The molecule has 0 fully saturated rings. The second-order valence-electron chi connectivity index (χ2n) is 6.87. The Kier molecular flexibility index (Phi) is 7.06. The van der Waals surface area contributed by atoms with Crippen molar-refractivity contribution >= 4 is 18.0 Å². The molecule has 0 aliphatic rings. The van der Waals surface area contributed by atoms with Crippen LogP contribution in [0.1, 0.15) is 27.0 Å². The molecule has 6 heteroatoms. The number of aryl methyl sites for hydroxylation is 1. The SMILES string of the molecule is COc1ccc(/C=C(/NC(=O)c2ccccc2)C(=O)O)cc1OCc1cccc(C)c1. The Morgan fingerprint density at radius 1 is 0.968 bits per heavy atom. The molecule has 158 valence electrons. The van der Waals surface area contributed by atoms with E-state index in [2.05, 4.69) is 5.32 Å². The van der Waals surface area contributed by atoms with Gasteiger partial charge in [0.15, 0.2) is 11.5 Å². The van der Waals surface area contributed by atoms with Crippen LogP contribution in [0.2, 0.25) is 0 Å². The quantitative estimate of drug-likeness (QED) is 0.530. The minimum absolute atomic E-state index is 0.247. The van der Waals surface area contributed by atoms with Crippen molar-refractivity contribution < 1.29 is 24.2 Å². The van der Waals surface area contributed by atoms with Gasteiger partial charge >= 0.3 is 5.97 Å². The molecule has 0 aromatic heterocycles. The van der Waals surface area contributed by atoms with Gasteiger partial charge < -0.3 is 19.9 Å². The highest BCUT2D eigenvalue weighted by atomic mass is 16.5. The van der Waals surface area contributed by atoms with Crippen molar-refractivity contribution in [2.45, 2.75) is 13.5 Å². The highest BCUT2D eigenvalue weighted by molar-refractivity contribution is 6.02. The summed E-state index contributed by atoms with van der Waals surface area (Å²) < 4.78 is 11.3. The summed E-state index contributed by atoms with van der Waals surface area (Å²) >= 11 is 0. The molecule has 0 aliphatic heterocycles. The Labute approximate surface area is 180 Å². The van der Waals surface area contributed by atoms with Gasteiger partial charge in [-0.1, -0.05) is 54.1 Å². The van der Waals surface area contributed by atoms with Gasteiger partial charge in [0, 0.05) is 5.56 Å². The molecule has 1 amide bonds. The van der Waals surface area contributed by atoms with Crippen LogP contribution in [-0.2, 0) is 11.4 Å². The Morgan fingerprint density at radius 3 is 2.42 bits per heavy atom. The van der Waals surface area contributed by atoms with Gasteiger partial charge in [-0.3, -0.25) is 4.79 Å². The zero-order chi connectivity index (χ0) is 22.2. The molecular formula is C25H23NO5. The van der Waals surface area contributed by atoms with Gasteiger partial charge in [0.05, 0.1) is 7.11 Å². The summed E-state index contributed by atoms with van der Waals surface area (Å²) in [5.74, 6) is -0.757. The van der Waals surface area contributed by atoms with Crippen molar-refractivity contribution in [2.24, 2.45) is 0 Å². The zero-order valence-electron chi connectivity index (χ0n) is 17.3. The number of carboxylic acid groups (broad SMARTS) is 1. The van der Waals surface area contributed by atoms with Crippen molar-refractivity contribution in [3.63, 3.8) is 0 Å². The number of carbonyl (C=O) groups excluding carboxylic acids is 1. The summed E-state index contributed by atoms with van der Waals surface area (Å²) in [5, 5.41) is 12.0. The fourth-order valence-electron chi connectivity index (χ4n) is 2.96. The van der Waals surface area contributed by atoms with Crippen molar-refractivity contribution in [2.75, 3.05) is 7.11 Å². The van der Waals surface area contributed by atoms with E-state index in [9.17, 15) is 14.7 Å². The molecule has 0 saturated carbocycles. The standard InChI is InChI=1S/C25H23NO5/c1-17-7-6-8-19(13-17)16-31-23-15-18(11-12-22(23)30-2)14-21(25(28)29)26-24(27)20-9-4-3-5-10-20/h3-15H,16H2,1-2H3,(H,26,27)(H,28,29)/b21-14+. The van der Waals surface area contributed by atoms with Crippen LogP contribution in [0.3, 0.4) is 0 Å². The number of nitrogens with one attached hydrogen (secondary N) is 1. The predicted octanol–water partition coefficient (Wildman–Crippen LogP) is 4.44. The number of rotatable bonds is 8. The second kappa shape index (κ2) is 10.1. The van der Waals surface area contributed by atoms with Crippen molar-refractivity contribution in [3.8, 4) is 11.5 Å². The molecule has 0 saturated heterocycles. The fraction of sp³-hybridized carbons (Fsp3) is 0.120. The number of carboxylic acids is 1. The first-order valence-corrected chi connectivity index (χ1v) is 9.64. The number of hydrogen-bond acceptors (Lipinski definition) is 4. The lowest BCUT2D eigenvalue weighted by atomic mass is 10.1. The molecular weight excluding hydrogens is 394 g/mol. The van der Waals surface area contributed by atoms with E-state index >= 15 is 0 Å². The predicted molar refractivity (Wildman–Crippen MR) is 118 cm³/mol. The number of methoxy groups -OCH3 is 1. The molecule has 0 spiro atoms. The van der Waals surface area contributed by atoms with E-state index in [1.165, 1.54) is 13.2 Å². The topological polar surface area (TPSA) is 84.9 Å². The molecule has 0 atom stereocenters. The molecule has 3 rings (SSSR count). The van der Waals surface area contributed by atoms with Crippen LogP contribution < -0.4 is 14.8 Å². The third-order valence-corrected chi connectivity index (χ3v) is 4.49. The summed E-state index contributed by atoms with van der Waals surface area (Å²) in [6.07, 6.45) is 1.38. The van der Waals surface area contributed by atoms with Crippen molar-refractivity contribution in [1.82, 2.24) is 5.32 Å². The van der Waals surface area contributed by atoms with Crippen LogP contribution in [0.25, 0.3) is 6.08 Å². The number of aliphatic carboxylic acids is 1. The zero-order valence-corrected chi connectivity index (χ0v) is 17.3. The Balaban J connectivity index is 1.82. The molecule has 6 nitrogen and oxygen atoms in total. The summed E-state index contributed by atoms with van der Waals surface area (Å²) in [4.78, 5) is 24.0. The second-order valence-corrected chi connectivity index (χ2v) is 6.87. The van der Waals surface area contributed by atoms with E-state index in [-0.39, 0.29) is 5.70 Å². The lowest BCUT2D eigenvalue weighted by Gasteiger charge is -2.12. The normalized spacial score (nSPS) is 11.0. The fourth-order valence-corrected chi connectivity index (χ4v) is 2.96. The number of ether oxygens (including phenoxy) is 2. The van der Waals surface area contributed by atoms with Crippen LogP contribution in [0.5, 0.6) is 11.5 Å². The summed E-state index contributed by atoms with van der Waals surface area (Å²) in [5.41, 5.74) is 2.80. The minimum atomic E-state index is -1.25. The maximum Gasteiger partial charge on any atom is 0.352 e. The van der Waals surface area contributed by atoms with Gasteiger partial charge in [0.2, 0.25) is 0 Å². The van der Waals surface area contributed by atoms with Gasteiger partial charge in [-0.2, -0.15) is 0 Å². The van der Waals surface area contributed by atoms with E-state index in [4.69, 9.17) is 9.47 Å².